The molecule has 3 aromatic rings. The molecular formula is C17H11ClF3N5O3S2. The number of nitro benzene ring substituents is 1. The number of hydrogen-bond acceptors (Lipinski definition) is 7. The molecule has 1 aromatic heterocycles. The summed E-state index contributed by atoms with van der Waals surface area (Å²) < 4.78 is 39.2. The van der Waals surface area contributed by atoms with Crippen molar-refractivity contribution in [2.24, 2.45) is 0 Å². The number of para-hydroxylation sites is 1. The quantitative estimate of drug-likeness (QED) is 0.188. The highest BCUT2D eigenvalue weighted by molar-refractivity contribution is 8.00. The van der Waals surface area contributed by atoms with Gasteiger partial charge in [0.05, 0.1) is 15.5 Å². The van der Waals surface area contributed by atoms with Gasteiger partial charge in [-0.3, -0.25) is 15.4 Å². The highest BCUT2D eigenvalue weighted by atomic mass is 35.5. The summed E-state index contributed by atoms with van der Waals surface area (Å²) in [5, 5.41) is 23.0. The van der Waals surface area contributed by atoms with Crippen LogP contribution in [0.5, 0.6) is 0 Å². The van der Waals surface area contributed by atoms with E-state index in [1.54, 1.807) is 18.2 Å². The number of amides is 2. The molecule has 0 unspecified atom stereocenters. The molecule has 0 spiro atoms. The van der Waals surface area contributed by atoms with Crippen molar-refractivity contribution >= 4 is 57.2 Å². The van der Waals surface area contributed by atoms with Crippen LogP contribution in [0, 0.1) is 10.1 Å². The van der Waals surface area contributed by atoms with E-state index in [0.29, 0.717) is 9.90 Å². The number of nitrogens with zero attached hydrogens (tertiary/aromatic N) is 3. The van der Waals surface area contributed by atoms with E-state index < -0.39 is 27.7 Å². The lowest BCUT2D eigenvalue weighted by Crippen LogP contribution is -2.19. The van der Waals surface area contributed by atoms with E-state index in [-0.39, 0.29) is 22.3 Å². The number of halogens is 4. The molecule has 0 aliphatic heterocycles. The molecule has 2 N–H and O–H groups in total. The number of anilines is 2. The second kappa shape index (κ2) is 9.49. The Morgan fingerprint density at radius 2 is 1.94 bits per heavy atom. The van der Waals surface area contributed by atoms with E-state index in [9.17, 15) is 28.1 Å². The van der Waals surface area contributed by atoms with Gasteiger partial charge in [0.2, 0.25) is 5.13 Å². The van der Waals surface area contributed by atoms with Crippen LogP contribution in [0.2, 0.25) is 5.02 Å². The van der Waals surface area contributed by atoms with Gasteiger partial charge in [-0.25, -0.2) is 4.79 Å². The molecule has 2 amide bonds. The van der Waals surface area contributed by atoms with Crippen LogP contribution >= 0.6 is 34.7 Å². The van der Waals surface area contributed by atoms with Crippen LogP contribution in [0.1, 0.15) is 11.1 Å². The summed E-state index contributed by atoms with van der Waals surface area (Å²) in [7, 11) is 0. The number of hydrogen-bond donors (Lipinski definition) is 2. The minimum absolute atomic E-state index is 0.0153. The van der Waals surface area contributed by atoms with Crippen molar-refractivity contribution in [1.82, 2.24) is 10.2 Å². The van der Waals surface area contributed by atoms with Crippen molar-refractivity contribution in [3.63, 3.8) is 0 Å². The van der Waals surface area contributed by atoms with Crippen molar-refractivity contribution in [3.05, 3.63) is 68.7 Å². The number of rotatable bonds is 6. The van der Waals surface area contributed by atoms with Crippen molar-refractivity contribution in [3.8, 4) is 0 Å². The topological polar surface area (TPSA) is 110 Å². The Labute approximate surface area is 186 Å². The Balaban J connectivity index is 1.60. The van der Waals surface area contributed by atoms with Gasteiger partial charge in [-0.05, 0) is 18.2 Å². The van der Waals surface area contributed by atoms with Crippen LogP contribution in [0.15, 0.2) is 46.8 Å². The first-order valence-electron chi connectivity index (χ1n) is 8.27. The molecule has 3 rings (SSSR count). The van der Waals surface area contributed by atoms with Gasteiger partial charge in [0, 0.05) is 23.1 Å². The third kappa shape index (κ3) is 6.06. The fourth-order valence-corrected chi connectivity index (χ4v) is 4.32. The fourth-order valence-electron chi connectivity index (χ4n) is 2.35. The first-order chi connectivity index (χ1) is 14.6. The molecule has 0 atom stereocenters. The van der Waals surface area contributed by atoms with Crippen LogP contribution in [-0.4, -0.2) is 21.2 Å². The molecule has 14 heteroatoms. The Bertz CT molecular complexity index is 1130. The number of carbonyl (C=O) groups excluding carboxylic acids is 1. The second-order valence-electron chi connectivity index (χ2n) is 5.82. The summed E-state index contributed by atoms with van der Waals surface area (Å²) in [5.41, 5.74) is -0.692. The largest absolute Gasteiger partial charge is 0.417 e. The van der Waals surface area contributed by atoms with Crippen molar-refractivity contribution in [2.75, 3.05) is 10.6 Å². The molecule has 0 saturated heterocycles. The molecular weight excluding hydrogens is 479 g/mol. The highest BCUT2D eigenvalue weighted by Gasteiger charge is 2.33. The third-order valence-electron chi connectivity index (χ3n) is 3.70. The second-order valence-corrected chi connectivity index (χ2v) is 8.43. The molecule has 0 saturated carbocycles. The summed E-state index contributed by atoms with van der Waals surface area (Å²) in [5.74, 6) is 0.267. The van der Waals surface area contributed by atoms with Crippen molar-refractivity contribution < 1.29 is 22.9 Å². The summed E-state index contributed by atoms with van der Waals surface area (Å²) in [6, 6.07) is 8.43. The zero-order valence-electron chi connectivity index (χ0n) is 15.1. The SMILES string of the molecule is O=C(Nc1ccc(Cl)c(C(F)(F)F)c1)Nc1nnc(SCc2ccccc2[N+](=O)[O-])s1. The molecule has 0 aliphatic rings. The Morgan fingerprint density at radius 3 is 2.65 bits per heavy atom. The predicted molar refractivity (Wildman–Crippen MR) is 112 cm³/mol. The first-order valence-corrected chi connectivity index (χ1v) is 10.4. The number of nitrogens with one attached hydrogen (secondary N) is 2. The normalized spacial score (nSPS) is 11.2. The smallest absolute Gasteiger partial charge is 0.308 e. The van der Waals surface area contributed by atoms with E-state index in [1.165, 1.54) is 23.9 Å². The number of carbonyl (C=O) groups is 1. The first kappa shape index (κ1) is 22.8. The number of nitro groups is 1. The Morgan fingerprint density at radius 1 is 1.19 bits per heavy atom. The van der Waals surface area contributed by atoms with Gasteiger partial charge < -0.3 is 5.32 Å². The number of thioether (sulfide) groups is 1. The van der Waals surface area contributed by atoms with Crippen LogP contribution in [0.3, 0.4) is 0 Å². The van der Waals surface area contributed by atoms with Crippen LogP contribution in [-0.2, 0) is 11.9 Å². The number of benzene rings is 2. The molecule has 0 bridgehead atoms. The minimum atomic E-state index is -4.66. The molecule has 162 valence electrons. The number of urea groups is 1. The molecule has 1 heterocycles. The highest BCUT2D eigenvalue weighted by Crippen LogP contribution is 2.36. The standard InChI is InChI=1S/C17H11ClF3N5O3S2/c18-12-6-5-10(7-11(12)17(19,20)21)22-14(27)23-15-24-25-16(31-15)30-8-9-3-1-2-4-13(9)26(28)29/h1-7H,8H2,(H2,22,23,24,27). The van der Waals surface area contributed by atoms with E-state index in [2.05, 4.69) is 20.8 Å². The summed E-state index contributed by atoms with van der Waals surface area (Å²) >= 11 is 7.75. The van der Waals surface area contributed by atoms with Crippen LogP contribution < -0.4 is 10.6 Å². The summed E-state index contributed by atoms with van der Waals surface area (Å²) in [6.07, 6.45) is -4.66. The average Bonchev–Trinajstić information content (AvgIpc) is 3.14. The lowest BCUT2D eigenvalue weighted by Gasteiger charge is -2.11. The molecule has 0 radical (unpaired) electrons. The lowest BCUT2D eigenvalue weighted by atomic mass is 10.2. The van der Waals surface area contributed by atoms with E-state index >= 15 is 0 Å². The predicted octanol–water partition coefficient (Wildman–Crippen LogP) is 6.05. The van der Waals surface area contributed by atoms with E-state index in [4.69, 9.17) is 11.6 Å². The molecule has 8 nitrogen and oxygen atoms in total. The van der Waals surface area contributed by atoms with Gasteiger partial charge in [-0.1, -0.05) is 52.9 Å². The molecule has 31 heavy (non-hydrogen) atoms. The Hall–Kier alpha value is -2.90. The minimum Gasteiger partial charge on any atom is -0.308 e. The fraction of sp³-hybridized carbons (Fsp3) is 0.118. The molecule has 0 fully saturated rings. The van der Waals surface area contributed by atoms with Gasteiger partial charge in [0.15, 0.2) is 4.34 Å². The van der Waals surface area contributed by atoms with Crippen LogP contribution in [0.25, 0.3) is 0 Å². The monoisotopic (exact) mass is 489 g/mol. The number of alkyl halides is 3. The molecule has 2 aromatic carbocycles. The number of aromatic nitrogens is 2. The van der Waals surface area contributed by atoms with E-state index in [0.717, 1.165) is 23.5 Å². The van der Waals surface area contributed by atoms with Crippen molar-refractivity contribution in [2.45, 2.75) is 16.3 Å². The van der Waals surface area contributed by atoms with Gasteiger partial charge >= 0.3 is 12.2 Å². The zero-order valence-corrected chi connectivity index (χ0v) is 17.5. The van der Waals surface area contributed by atoms with Crippen LogP contribution in [0.4, 0.5) is 34.5 Å². The third-order valence-corrected chi connectivity index (χ3v) is 6.05. The van der Waals surface area contributed by atoms with Gasteiger partial charge in [0.1, 0.15) is 0 Å². The summed E-state index contributed by atoms with van der Waals surface area (Å²) in [4.78, 5) is 22.6. The lowest BCUT2D eigenvalue weighted by molar-refractivity contribution is -0.385. The molecule has 0 aliphatic carbocycles. The average molecular weight is 490 g/mol. The van der Waals surface area contributed by atoms with Gasteiger partial charge in [-0.15, -0.1) is 10.2 Å². The van der Waals surface area contributed by atoms with E-state index in [1.807, 2.05) is 0 Å². The maximum Gasteiger partial charge on any atom is 0.417 e. The van der Waals surface area contributed by atoms with Gasteiger partial charge in [0.25, 0.3) is 5.69 Å². The zero-order chi connectivity index (χ0) is 22.6. The van der Waals surface area contributed by atoms with Crippen molar-refractivity contribution in [1.29, 1.82) is 0 Å². The Kier molecular flexibility index (Phi) is 6.97. The maximum absolute atomic E-state index is 12.9. The van der Waals surface area contributed by atoms with Gasteiger partial charge in [-0.2, -0.15) is 13.2 Å². The maximum atomic E-state index is 12.9. The summed E-state index contributed by atoms with van der Waals surface area (Å²) in [6.45, 7) is 0.